The van der Waals surface area contributed by atoms with Gasteiger partial charge in [0, 0.05) is 30.1 Å². The Hall–Kier alpha value is -1.81. The van der Waals surface area contributed by atoms with Crippen LogP contribution in [0.1, 0.15) is 12.8 Å². The topological polar surface area (TPSA) is 97.8 Å². The van der Waals surface area contributed by atoms with Gasteiger partial charge in [-0.05, 0) is 24.5 Å². The van der Waals surface area contributed by atoms with Crippen molar-refractivity contribution in [3.05, 3.63) is 33.3 Å². The molecule has 2 atom stereocenters. The van der Waals surface area contributed by atoms with Crippen LogP contribution in [0.25, 0.3) is 0 Å². The van der Waals surface area contributed by atoms with Crippen LogP contribution in [0.3, 0.4) is 0 Å². The van der Waals surface area contributed by atoms with Crippen LogP contribution in [0, 0.1) is 5.41 Å². The molecule has 4 rings (SSSR count). The van der Waals surface area contributed by atoms with Crippen molar-refractivity contribution in [1.82, 2.24) is 20.3 Å². The second kappa shape index (κ2) is 6.97. The number of carbonyl (C=O) groups excluding carboxylic acids is 2. The third-order valence-electron chi connectivity index (χ3n) is 5.34. The molecule has 1 aliphatic carbocycles. The summed E-state index contributed by atoms with van der Waals surface area (Å²) in [4.78, 5) is 32.1. The molecule has 1 aromatic heterocycles. The summed E-state index contributed by atoms with van der Waals surface area (Å²) in [6, 6.07) is -0.924. The molecule has 2 unspecified atom stereocenters. The van der Waals surface area contributed by atoms with Crippen LogP contribution < -0.4 is 10.8 Å². The molecule has 1 aromatic rings. The number of nitrogens with one attached hydrogen (secondary N) is 2. The molecule has 11 heteroatoms. The normalized spacial score (nSPS) is 26.7. The average molecular weight is 430 g/mol. The number of nitrogens with zero attached hydrogens (tertiary/aromatic N) is 3. The lowest BCUT2D eigenvalue weighted by molar-refractivity contribution is 0.133. The van der Waals surface area contributed by atoms with Gasteiger partial charge < -0.3 is 9.80 Å². The number of carbonyl (C=O) groups is 2. The second-order valence-electron chi connectivity index (χ2n) is 6.84. The lowest BCUT2D eigenvalue weighted by atomic mass is 9.77. The Morgan fingerprint density at radius 2 is 2.15 bits per heavy atom. The van der Waals surface area contributed by atoms with E-state index >= 15 is 0 Å². The van der Waals surface area contributed by atoms with Gasteiger partial charge in [0.1, 0.15) is 4.34 Å². The highest BCUT2D eigenvalue weighted by Crippen LogP contribution is 2.50. The molecule has 4 amide bonds. The van der Waals surface area contributed by atoms with Crippen molar-refractivity contribution in [3.8, 4) is 0 Å². The molecule has 27 heavy (non-hydrogen) atoms. The largest absolute Gasteiger partial charge is 0.341 e. The number of hydrogen-bond acceptors (Lipinski definition) is 5. The van der Waals surface area contributed by atoms with Crippen LogP contribution in [0.5, 0.6) is 0 Å². The minimum absolute atomic E-state index is 0.125. The number of hydroxylamine groups is 1. The minimum Gasteiger partial charge on any atom is -0.322 e. The van der Waals surface area contributed by atoms with E-state index < -0.39 is 6.03 Å². The van der Waals surface area contributed by atoms with Crippen LogP contribution in [-0.4, -0.2) is 57.7 Å². The van der Waals surface area contributed by atoms with E-state index in [4.69, 9.17) is 28.4 Å². The summed E-state index contributed by atoms with van der Waals surface area (Å²) < 4.78 is 0.498. The number of hydrogen-bond donors (Lipinski definition) is 3. The molecule has 3 aliphatic rings. The molecular weight excluding hydrogens is 413 g/mol. The number of thiazole rings is 1. The Morgan fingerprint density at radius 1 is 1.33 bits per heavy atom. The fraction of sp³-hybridized carbons (Fsp3) is 0.438. The Balaban J connectivity index is 1.59. The standard InChI is InChI=1S/C16H17Cl2N5O3S/c17-9-1-2-11-10(5-9)16(3-4-22(7-16)15(25)21-26)8-23(11)14(24)20-13-19-6-12(18)27-13/h1,5-6,11,26H,2-4,7-8H2,(H,21,25)(H,19,20,24). The second-order valence-corrected chi connectivity index (χ2v) is 8.94. The average Bonchev–Trinajstić information content (AvgIpc) is 3.34. The number of fused-ring (bicyclic) bond motifs is 2. The molecule has 3 heterocycles. The molecule has 2 aliphatic heterocycles. The first-order valence-electron chi connectivity index (χ1n) is 8.37. The van der Waals surface area contributed by atoms with Crippen molar-refractivity contribution in [2.45, 2.75) is 18.9 Å². The molecule has 0 aromatic carbocycles. The fourth-order valence-electron chi connectivity index (χ4n) is 4.15. The Kier molecular flexibility index (Phi) is 4.79. The number of likely N-dealkylation sites (tertiary alicyclic amines) is 2. The third kappa shape index (κ3) is 3.29. The van der Waals surface area contributed by atoms with E-state index in [0.29, 0.717) is 47.0 Å². The lowest BCUT2D eigenvalue weighted by Gasteiger charge is -2.27. The quantitative estimate of drug-likeness (QED) is 0.471. The van der Waals surface area contributed by atoms with Gasteiger partial charge in [-0.25, -0.2) is 20.1 Å². The minimum atomic E-state index is -0.540. The lowest BCUT2D eigenvalue weighted by Crippen LogP contribution is -2.41. The van der Waals surface area contributed by atoms with Crippen molar-refractivity contribution in [1.29, 1.82) is 0 Å². The van der Waals surface area contributed by atoms with Gasteiger partial charge in [0.25, 0.3) is 0 Å². The Labute approximate surface area is 169 Å². The van der Waals surface area contributed by atoms with Gasteiger partial charge in [-0.1, -0.05) is 40.6 Å². The van der Waals surface area contributed by atoms with E-state index in [1.54, 1.807) is 15.3 Å². The number of rotatable bonds is 1. The molecule has 0 saturated carbocycles. The summed E-state index contributed by atoms with van der Waals surface area (Å²) >= 11 is 13.3. The molecule has 1 spiro atoms. The van der Waals surface area contributed by atoms with Crippen LogP contribution >= 0.6 is 34.5 Å². The summed E-state index contributed by atoms with van der Waals surface area (Å²) in [5, 5.41) is 12.8. The SMILES string of the molecule is O=C(NO)N1CCC2(C1)CN(C(=O)Nc1ncc(Cl)s1)C1CC=C(Cl)C=C12. The van der Waals surface area contributed by atoms with Gasteiger partial charge in [-0.2, -0.15) is 0 Å². The number of amides is 4. The molecule has 0 bridgehead atoms. The summed E-state index contributed by atoms with van der Waals surface area (Å²) in [7, 11) is 0. The zero-order valence-corrected chi connectivity index (χ0v) is 16.4. The summed E-state index contributed by atoms with van der Waals surface area (Å²) in [6.07, 6.45) is 6.60. The van der Waals surface area contributed by atoms with E-state index in [-0.39, 0.29) is 17.5 Å². The smallest absolute Gasteiger partial charge is 0.322 e. The molecule has 2 saturated heterocycles. The van der Waals surface area contributed by atoms with Crippen LogP contribution in [0.4, 0.5) is 14.7 Å². The first-order valence-corrected chi connectivity index (χ1v) is 9.95. The van der Waals surface area contributed by atoms with E-state index in [1.165, 1.54) is 17.5 Å². The highest BCUT2D eigenvalue weighted by Gasteiger charge is 2.54. The monoisotopic (exact) mass is 429 g/mol. The van der Waals surface area contributed by atoms with Crippen molar-refractivity contribution in [2.75, 3.05) is 25.0 Å². The highest BCUT2D eigenvalue weighted by atomic mass is 35.5. The van der Waals surface area contributed by atoms with Crippen molar-refractivity contribution >= 4 is 51.7 Å². The zero-order valence-electron chi connectivity index (χ0n) is 14.1. The number of urea groups is 2. The number of anilines is 1. The third-order valence-corrected chi connectivity index (χ3v) is 6.63. The molecular formula is C16H17Cl2N5O3S. The van der Waals surface area contributed by atoms with Crippen LogP contribution in [-0.2, 0) is 0 Å². The van der Waals surface area contributed by atoms with Gasteiger partial charge >= 0.3 is 12.1 Å². The molecule has 3 N–H and O–H groups in total. The number of halogens is 2. The van der Waals surface area contributed by atoms with Crippen molar-refractivity contribution in [3.63, 3.8) is 0 Å². The maximum Gasteiger partial charge on any atom is 0.341 e. The van der Waals surface area contributed by atoms with E-state index in [2.05, 4.69) is 10.3 Å². The van der Waals surface area contributed by atoms with Crippen molar-refractivity contribution in [2.24, 2.45) is 5.41 Å². The first-order chi connectivity index (χ1) is 12.9. The summed E-state index contributed by atoms with van der Waals surface area (Å²) in [6.45, 7) is 1.37. The zero-order chi connectivity index (χ0) is 19.2. The highest BCUT2D eigenvalue weighted by molar-refractivity contribution is 7.19. The molecule has 0 radical (unpaired) electrons. The maximum absolute atomic E-state index is 12.9. The van der Waals surface area contributed by atoms with Crippen LogP contribution in [0.15, 0.2) is 29.0 Å². The Bertz CT molecular complexity index is 857. The van der Waals surface area contributed by atoms with E-state index in [0.717, 1.165) is 5.57 Å². The first kappa shape index (κ1) is 18.5. The summed E-state index contributed by atoms with van der Waals surface area (Å²) in [5.74, 6) is 0. The van der Waals surface area contributed by atoms with Gasteiger partial charge in [0.15, 0.2) is 5.13 Å². The van der Waals surface area contributed by atoms with Crippen molar-refractivity contribution < 1.29 is 14.8 Å². The predicted molar refractivity (Wildman–Crippen MR) is 102 cm³/mol. The molecule has 2 fully saturated rings. The van der Waals surface area contributed by atoms with Gasteiger partial charge in [0.2, 0.25) is 0 Å². The van der Waals surface area contributed by atoms with Gasteiger partial charge in [-0.15, -0.1) is 0 Å². The molecule has 144 valence electrons. The number of allylic oxidation sites excluding steroid dienone is 2. The van der Waals surface area contributed by atoms with Gasteiger partial charge in [0.05, 0.1) is 12.2 Å². The maximum atomic E-state index is 12.9. The predicted octanol–water partition coefficient (Wildman–Crippen LogP) is 3.26. The van der Waals surface area contributed by atoms with E-state index in [1.807, 2.05) is 12.2 Å². The Morgan fingerprint density at radius 3 is 2.85 bits per heavy atom. The van der Waals surface area contributed by atoms with Gasteiger partial charge in [-0.3, -0.25) is 10.5 Å². The number of aromatic nitrogens is 1. The van der Waals surface area contributed by atoms with E-state index in [9.17, 15) is 9.59 Å². The molecule has 8 nitrogen and oxygen atoms in total. The fourth-order valence-corrected chi connectivity index (χ4v) is 5.16. The van der Waals surface area contributed by atoms with Crippen LogP contribution in [0.2, 0.25) is 4.34 Å². The summed E-state index contributed by atoms with van der Waals surface area (Å²) in [5.41, 5.74) is 2.36.